The summed E-state index contributed by atoms with van der Waals surface area (Å²) in [4.78, 5) is 0. The molecule has 17 heavy (non-hydrogen) atoms. The zero-order valence-electron chi connectivity index (χ0n) is 8.76. The van der Waals surface area contributed by atoms with Gasteiger partial charge in [0.05, 0.1) is 7.11 Å². The minimum Gasteiger partial charge on any atom is -0.497 e. The monoisotopic (exact) mass is 252 g/mol. The van der Waals surface area contributed by atoms with Gasteiger partial charge in [-0.15, -0.1) is 0 Å². The fourth-order valence-electron chi connectivity index (χ4n) is 1.01. The Labute approximate surface area is 94.5 Å². The Kier molecular flexibility index (Phi) is 3.75. The molecule has 0 aliphatic heterocycles. The second kappa shape index (κ2) is 4.73. The lowest BCUT2D eigenvalue weighted by Crippen LogP contribution is -2.33. The van der Waals surface area contributed by atoms with Crippen molar-refractivity contribution in [3.8, 4) is 5.75 Å². The number of halogens is 5. The van der Waals surface area contributed by atoms with Crippen LogP contribution in [0.5, 0.6) is 5.75 Å². The SMILES string of the molecule is COc1ccc(/C=C/C(F)(F)C(F)(F)F)cc1. The van der Waals surface area contributed by atoms with Crippen molar-refractivity contribution in [3.63, 3.8) is 0 Å². The summed E-state index contributed by atoms with van der Waals surface area (Å²) in [6.07, 6.45) is -5.03. The third kappa shape index (κ3) is 3.44. The summed E-state index contributed by atoms with van der Waals surface area (Å²) < 4.78 is 65.4. The molecule has 6 heteroatoms. The molecule has 0 bridgehead atoms. The predicted octanol–water partition coefficient (Wildman–Crippen LogP) is 3.91. The van der Waals surface area contributed by atoms with Crippen LogP contribution >= 0.6 is 0 Å². The molecule has 0 saturated heterocycles. The number of benzene rings is 1. The number of ether oxygens (including phenoxy) is 1. The normalized spacial score (nSPS) is 13.1. The summed E-state index contributed by atoms with van der Waals surface area (Å²) in [5, 5.41) is 0. The van der Waals surface area contributed by atoms with Gasteiger partial charge < -0.3 is 4.74 Å². The summed E-state index contributed by atoms with van der Waals surface area (Å²) in [5.74, 6) is -4.34. The Morgan fingerprint density at radius 1 is 1.00 bits per heavy atom. The van der Waals surface area contributed by atoms with Crippen LogP contribution in [0.3, 0.4) is 0 Å². The van der Waals surface area contributed by atoms with E-state index in [0.717, 1.165) is 0 Å². The Morgan fingerprint density at radius 2 is 1.53 bits per heavy atom. The molecule has 0 N–H and O–H groups in total. The molecule has 0 radical (unpaired) electrons. The van der Waals surface area contributed by atoms with E-state index in [2.05, 4.69) is 0 Å². The largest absolute Gasteiger partial charge is 0.497 e. The van der Waals surface area contributed by atoms with Crippen LogP contribution in [-0.4, -0.2) is 19.2 Å². The molecule has 1 rings (SSSR count). The van der Waals surface area contributed by atoms with Gasteiger partial charge >= 0.3 is 12.1 Å². The van der Waals surface area contributed by atoms with Gasteiger partial charge in [-0.05, 0) is 23.8 Å². The maximum absolute atomic E-state index is 12.5. The third-order valence-electron chi connectivity index (χ3n) is 1.98. The summed E-state index contributed by atoms with van der Waals surface area (Å²) in [5.41, 5.74) is 0.231. The lowest BCUT2D eigenvalue weighted by atomic mass is 10.1. The van der Waals surface area contributed by atoms with Crippen molar-refractivity contribution in [1.29, 1.82) is 0 Å². The van der Waals surface area contributed by atoms with Crippen LogP contribution in [0.1, 0.15) is 5.56 Å². The molecule has 0 aliphatic rings. The number of allylic oxidation sites excluding steroid dienone is 1. The third-order valence-corrected chi connectivity index (χ3v) is 1.98. The molecule has 0 aromatic heterocycles. The maximum atomic E-state index is 12.5. The molecule has 1 nitrogen and oxygen atoms in total. The van der Waals surface area contributed by atoms with Crippen molar-refractivity contribution in [2.75, 3.05) is 7.11 Å². The van der Waals surface area contributed by atoms with E-state index >= 15 is 0 Å². The van der Waals surface area contributed by atoms with Gasteiger partial charge in [0, 0.05) is 0 Å². The quantitative estimate of drug-likeness (QED) is 0.741. The van der Waals surface area contributed by atoms with Gasteiger partial charge in [-0.2, -0.15) is 22.0 Å². The lowest BCUT2D eigenvalue weighted by Gasteiger charge is -2.15. The van der Waals surface area contributed by atoms with Crippen LogP contribution in [0.15, 0.2) is 30.3 Å². The topological polar surface area (TPSA) is 9.23 Å². The number of hydrogen-bond donors (Lipinski definition) is 0. The molecule has 0 aliphatic carbocycles. The van der Waals surface area contributed by atoms with Crippen LogP contribution in [0, 0.1) is 0 Å². The van der Waals surface area contributed by atoms with E-state index in [1.165, 1.54) is 31.4 Å². The number of methoxy groups -OCH3 is 1. The first kappa shape index (κ1) is 13.5. The predicted molar refractivity (Wildman–Crippen MR) is 53.0 cm³/mol. The van der Waals surface area contributed by atoms with Gasteiger partial charge in [-0.3, -0.25) is 0 Å². The van der Waals surface area contributed by atoms with Crippen molar-refractivity contribution in [2.45, 2.75) is 12.1 Å². The summed E-state index contributed by atoms with van der Waals surface area (Å²) in [6, 6.07) is 5.68. The molecule has 0 amide bonds. The molecule has 0 spiro atoms. The van der Waals surface area contributed by atoms with Crippen LogP contribution < -0.4 is 4.74 Å². The fraction of sp³-hybridized carbons (Fsp3) is 0.273. The zero-order valence-corrected chi connectivity index (χ0v) is 8.76. The number of hydrogen-bond acceptors (Lipinski definition) is 1. The van der Waals surface area contributed by atoms with Crippen molar-refractivity contribution in [1.82, 2.24) is 0 Å². The van der Waals surface area contributed by atoms with Crippen LogP contribution in [0.2, 0.25) is 0 Å². The number of alkyl halides is 5. The van der Waals surface area contributed by atoms with E-state index in [-0.39, 0.29) is 11.6 Å². The Morgan fingerprint density at radius 3 is 1.94 bits per heavy atom. The molecule has 0 atom stereocenters. The van der Waals surface area contributed by atoms with Crippen molar-refractivity contribution < 1.29 is 26.7 Å². The highest BCUT2D eigenvalue weighted by atomic mass is 19.4. The summed E-state index contributed by atoms with van der Waals surface area (Å²) in [7, 11) is 1.42. The zero-order chi connectivity index (χ0) is 13.1. The second-order valence-corrected chi connectivity index (χ2v) is 3.23. The molecule has 1 aromatic carbocycles. The molecule has 0 saturated carbocycles. The van der Waals surface area contributed by atoms with E-state index in [0.29, 0.717) is 11.8 Å². The highest BCUT2D eigenvalue weighted by Crippen LogP contribution is 2.36. The van der Waals surface area contributed by atoms with Crippen LogP contribution in [0.25, 0.3) is 6.08 Å². The van der Waals surface area contributed by atoms with Crippen molar-refractivity contribution >= 4 is 6.08 Å². The van der Waals surface area contributed by atoms with Gasteiger partial charge in [-0.25, -0.2) is 0 Å². The van der Waals surface area contributed by atoms with Crippen molar-refractivity contribution in [2.24, 2.45) is 0 Å². The Balaban J connectivity index is 2.83. The lowest BCUT2D eigenvalue weighted by molar-refractivity contribution is -0.258. The van der Waals surface area contributed by atoms with E-state index in [9.17, 15) is 22.0 Å². The molecular weight excluding hydrogens is 243 g/mol. The summed E-state index contributed by atoms with van der Waals surface area (Å²) >= 11 is 0. The molecular formula is C11H9F5O. The smallest absolute Gasteiger partial charge is 0.457 e. The molecule has 0 unspecified atom stereocenters. The fourth-order valence-corrected chi connectivity index (χ4v) is 1.01. The standard InChI is InChI=1S/C11H9F5O/c1-17-9-4-2-8(3-5-9)6-7-10(12,13)11(14,15)16/h2-7H,1H3/b7-6+. The van der Waals surface area contributed by atoms with Gasteiger partial charge in [0.25, 0.3) is 0 Å². The van der Waals surface area contributed by atoms with Gasteiger partial charge in [0.15, 0.2) is 0 Å². The van der Waals surface area contributed by atoms with Crippen molar-refractivity contribution in [3.05, 3.63) is 35.9 Å². The van der Waals surface area contributed by atoms with E-state index in [1.807, 2.05) is 0 Å². The van der Waals surface area contributed by atoms with Gasteiger partial charge in [0.1, 0.15) is 5.75 Å². The minimum atomic E-state index is -5.57. The average Bonchev–Trinajstić information content (AvgIpc) is 2.25. The first-order valence-corrected chi connectivity index (χ1v) is 4.54. The maximum Gasteiger partial charge on any atom is 0.457 e. The Bertz CT molecular complexity index is 391. The van der Waals surface area contributed by atoms with Crippen LogP contribution in [-0.2, 0) is 0 Å². The molecule has 1 aromatic rings. The van der Waals surface area contributed by atoms with Crippen LogP contribution in [0.4, 0.5) is 22.0 Å². The van der Waals surface area contributed by atoms with Gasteiger partial charge in [0.2, 0.25) is 0 Å². The summed E-state index contributed by atoms with van der Waals surface area (Å²) in [6.45, 7) is 0. The Hall–Kier alpha value is -1.59. The highest BCUT2D eigenvalue weighted by Gasteiger charge is 2.55. The van der Waals surface area contributed by atoms with E-state index in [1.54, 1.807) is 0 Å². The highest BCUT2D eigenvalue weighted by molar-refractivity contribution is 5.51. The van der Waals surface area contributed by atoms with E-state index in [4.69, 9.17) is 4.74 Å². The first-order valence-electron chi connectivity index (χ1n) is 4.54. The first-order chi connectivity index (χ1) is 7.76. The second-order valence-electron chi connectivity index (χ2n) is 3.23. The molecule has 0 fully saturated rings. The molecule has 0 heterocycles. The molecule has 94 valence electrons. The van der Waals surface area contributed by atoms with Gasteiger partial charge in [-0.1, -0.05) is 18.2 Å². The average molecular weight is 252 g/mol. The minimum absolute atomic E-state index is 0.172. The van der Waals surface area contributed by atoms with E-state index < -0.39 is 12.1 Å². The number of rotatable bonds is 3.